The van der Waals surface area contributed by atoms with Gasteiger partial charge in [0.05, 0.1) is 0 Å². The van der Waals surface area contributed by atoms with Crippen molar-refractivity contribution in [3.05, 3.63) is 212 Å². The second kappa shape index (κ2) is 13.7. The SMILES string of the molecule is c1ccc(-c2ccc(-c3ccc(N(c4cccc(-c5cccc(-c6cccc7ccccc67)c5)c4)c4ccc5c(c4)sc4ccccc45)cc3)cc2)cc1. The second-order valence-corrected chi connectivity index (χ2v) is 14.8. The van der Waals surface area contributed by atoms with Gasteiger partial charge in [0, 0.05) is 37.2 Å². The van der Waals surface area contributed by atoms with Gasteiger partial charge in [-0.15, -0.1) is 11.3 Å². The van der Waals surface area contributed by atoms with E-state index in [1.807, 2.05) is 11.3 Å². The Labute approximate surface area is 319 Å². The number of anilines is 3. The molecule has 10 aromatic rings. The van der Waals surface area contributed by atoms with E-state index in [4.69, 9.17) is 0 Å². The van der Waals surface area contributed by atoms with Crippen molar-refractivity contribution >= 4 is 59.3 Å². The molecule has 1 aromatic heterocycles. The third-order valence-corrected chi connectivity index (χ3v) is 11.6. The Bertz CT molecular complexity index is 2920. The van der Waals surface area contributed by atoms with E-state index in [9.17, 15) is 0 Å². The smallest absolute Gasteiger partial charge is 0.0476 e. The van der Waals surface area contributed by atoms with Crippen LogP contribution in [0.25, 0.3) is 75.5 Å². The van der Waals surface area contributed by atoms with E-state index < -0.39 is 0 Å². The molecule has 0 fully saturated rings. The molecule has 9 aromatic carbocycles. The minimum Gasteiger partial charge on any atom is -0.310 e. The standard InChI is InChI=1S/C52H35NS/c1-2-11-36(12-3-1)37-23-25-38(26-24-37)39-27-29-44(30-28-39)53(46-31-32-50-49-20-6-7-22-51(49)54-52(50)35-46)45-18-9-16-42(34-45)41-15-8-17-43(33-41)48-21-10-14-40-13-4-5-19-47(40)48/h1-35H. The monoisotopic (exact) mass is 705 g/mol. The Hall–Kier alpha value is -6.74. The van der Waals surface area contributed by atoms with Crippen LogP contribution in [0.4, 0.5) is 17.1 Å². The summed E-state index contributed by atoms with van der Waals surface area (Å²) in [6, 6.07) is 77.1. The lowest BCUT2D eigenvalue weighted by atomic mass is 9.95. The van der Waals surface area contributed by atoms with Crippen LogP contribution >= 0.6 is 11.3 Å². The van der Waals surface area contributed by atoms with Crippen LogP contribution in [0.5, 0.6) is 0 Å². The van der Waals surface area contributed by atoms with E-state index in [1.54, 1.807) is 0 Å². The molecule has 0 aliphatic rings. The predicted octanol–water partition coefficient (Wildman–Crippen LogP) is 15.3. The number of nitrogens with zero attached hydrogens (tertiary/aromatic N) is 1. The van der Waals surface area contributed by atoms with Crippen molar-refractivity contribution in [2.45, 2.75) is 0 Å². The van der Waals surface area contributed by atoms with Crippen LogP contribution in [-0.2, 0) is 0 Å². The van der Waals surface area contributed by atoms with Crippen molar-refractivity contribution in [2.75, 3.05) is 4.90 Å². The van der Waals surface area contributed by atoms with E-state index >= 15 is 0 Å². The molecular weight excluding hydrogens is 671 g/mol. The zero-order valence-electron chi connectivity index (χ0n) is 29.6. The zero-order chi connectivity index (χ0) is 35.8. The maximum atomic E-state index is 2.39. The Morgan fingerprint density at radius 1 is 0.278 bits per heavy atom. The molecule has 0 radical (unpaired) electrons. The first-order valence-corrected chi connectivity index (χ1v) is 19.2. The second-order valence-electron chi connectivity index (χ2n) is 13.8. The van der Waals surface area contributed by atoms with Gasteiger partial charge in [-0.1, -0.05) is 164 Å². The molecule has 2 heteroatoms. The topological polar surface area (TPSA) is 3.24 Å². The number of thiophene rings is 1. The third kappa shape index (κ3) is 5.93. The quantitative estimate of drug-likeness (QED) is 0.160. The molecule has 0 aliphatic carbocycles. The van der Waals surface area contributed by atoms with Crippen LogP contribution in [0.3, 0.4) is 0 Å². The van der Waals surface area contributed by atoms with E-state index in [2.05, 4.69) is 217 Å². The first-order valence-electron chi connectivity index (χ1n) is 18.4. The summed E-state index contributed by atoms with van der Waals surface area (Å²) >= 11 is 1.86. The van der Waals surface area contributed by atoms with Gasteiger partial charge in [0.1, 0.15) is 0 Å². The van der Waals surface area contributed by atoms with Crippen molar-refractivity contribution in [3.63, 3.8) is 0 Å². The van der Waals surface area contributed by atoms with E-state index in [0.29, 0.717) is 0 Å². The first kappa shape index (κ1) is 32.0. The van der Waals surface area contributed by atoms with Gasteiger partial charge in [0.25, 0.3) is 0 Å². The number of hydrogen-bond donors (Lipinski definition) is 0. The van der Waals surface area contributed by atoms with Crippen LogP contribution < -0.4 is 4.90 Å². The number of fused-ring (bicyclic) bond motifs is 4. The fourth-order valence-corrected chi connectivity index (χ4v) is 8.90. The fourth-order valence-electron chi connectivity index (χ4n) is 7.76. The third-order valence-electron chi connectivity index (χ3n) is 10.5. The normalized spacial score (nSPS) is 11.3. The Balaban J connectivity index is 1.05. The van der Waals surface area contributed by atoms with Crippen molar-refractivity contribution in [1.29, 1.82) is 0 Å². The summed E-state index contributed by atoms with van der Waals surface area (Å²) < 4.78 is 2.60. The summed E-state index contributed by atoms with van der Waals surface area (Å²) in [4.78, 5) is 2.39. The average Bonchev–Trinajstić information content (AvgIpc) is 3.62. The summed E-state index contributed by atoms with van der Waals surface area (Å²) in [6.45, 7) is 0. The molecule has 0 saturated heterocycles. The van der Waals surface area contributed by atoms with Gasteiger partial charge in [-0.25, -0.2) is 0 Å². The maximum Gasteiger partial charge on any atom is 0.0476 e. The Morgan fingerprint density at radius 2 is 0.796 bits per heavy atom. The van der Waals surface area contributed by atoms with E-state index in [1.165, 1.54) is 75.5 Å². The van der Waals surface area contributed by atoms with E-state index in [0.717, 1.165) is 17.1 Å². The molecule has 1 heterocycles. The van der Waals surface area contributed by atoms with E-state index in [-0.39, 0.29) is 0 Å². The Morgan fingerprint density at radius 3 is 1.59 bits per heavy atom. The zero-order valence-corrected chi connectivity index (χ0v) is 30.4. The van der Waals surface area contributed by atoms with Crippen molar-refractivity contribution in [3.8, 4) is 44.5 Å². The summed E-state index contributed by atoms with van der Waals surface area (Å²) in [5.74, 6) is 0. The fraction of sp³-hybridized carbons (Fsp3) is 0. The molecule has 1 nitrogen and oxygen atoms in total. The number of hydrogen-bond acceptors (Lipinski definition) is 2. The first-order chi connectivity index (χ1) is 26.7. The molecule has 0 amide bonds. The average molecular weight is 706 g/mol. The lowest BCUT2D eigenvalue weighted by Gasteiger charge is -2.26. The van der Waals surface area contributed by atoms with Crippen molar-refractivity contribution in [1.82, 2.24) is 0 Å². The molecule has 0 N–H and O–H groups in total. The minimum atomic E-state index is 1.11. The lowest BCUT2D eigenvalue weighted by molar-refractivity contribution is 1.29. The molecule has 54 heavy (non-hydrogen) atoms. The molecule has 0 unspecified atom stereocenters. The van der Waals surface area contributed by atoms with Crippen molar-refractivity contribution in [2.24, 2.45) is 0 Å². The highest BCUT2D eigenvalue weighted by Gasteiger charge is 2.16. The molecule has 10 rings (SSSR count). The highest BCUT2D eigenvalue weighted by molar-refractivity contribution is 7.25. The summed E-state index contributed by atoms with van der Waals surface area (Å²) in [7, 11) is 0. The summed E-state index contributed by atoms with van der Waals surface area (Å²) in [5.41, 5.74) is 13.0. The minimum absolute atomic E-state index is 1.11. The molecule has 0 saturated carbocycles. The number of benzene rings is 9. The van der Waals surface area contributed by atoms with Crippen LogP contribution in [0.2, 0.25) is 0 Å². The van der Waals surface area contributed by atoms with Gasteiger partial charge in [0.15, 0.2) is 0 Å². The lowest BCUT2D eigenvalue weighted by Crippen LogP contribution is -2.09. The Kier molecular flexibility index (Phi) is 8.09. The van der Waals surface area contributed by atoms with Gasteiger partial charge in [0.2, 0.25) is 0 Å². The van der Waals surface area contributed by atoms with Gasteiger partial charge < -0.3 is 4.90 Å². The van der Waals surface area contributed by atoms with Gasteiger partial charge in [-0.2, -0.15) is 0 Å². The molecule has 0 aliphatic heterocycles. The van der Waals surface area contributed by atoms with Gasteiger partial charge in [-0.3, -0.25) is 0 Å². The highest BCUT2D eigenvalue weighted by Crippen LogP contribution is 2.42. The van der Waals surface area contributed by atoms with Crippen LogP contribution in [0.15, 0.2) is 212 Å². The number of rotatable bonds is 7. The molecular formula is C52H35NS. The molecule has 0 bridgehead atoms. The maximum absolute atomic E-state index is 2.39. The molecule has 0 atom stereocenters. The summed E-state index contributed by atoms with van der Waals surface area (Å²) in [6.07, 6.45) is 0. The molecule has 0 spiro atoms. The molecule has 254 valence electrons. The van der Waals surface area contributed by atoms with Crippen LogP contribution in [-0.4, -0.2) is 0 Å². The van der Waals surface area contributed by atoms with Crippen molar-refractivity contribution < 1.29 is 0 Å². The van der Waals surface area contributed by atoms with Crippen LogP contribution in [0.1, 0.15) is 0 Å². The van der Waals surface area contributed by atoms with Gasteiger partial charge >= 0.3 is 0 Å². The van der Waals surface area contributed by atoms with Gasteiger partial charge in [-0.05, 0) is 104 Å². The summed E-state index contributed by atoms with van der Waals surface area (Å²) in [5, 5.41) is 5.13. The largest absolute Gasteiger partial charge is 0.310 e. The van der Waals surface area contributed by atoms with Crippen LogP contribution in [0, 0.1) is 0 Å². The predicted molar refractivity (Wildman–Crippen MR) is 233 cm³/mol. The highest BCUT2D eigenvalue weighted by atomic mass is 32.1.